The van der Waals surface area contributed by atoms with Crippen LogP contribution in [0.1, 0.15) is 5.56 Å². The third kappa shape index (κ3) is 3.93. The van der Waals surface area contributed by atoms with E-state index in [0.29, 0.717) is 33.7 Å². The quantitative estimate of drug-likeness (QED) is 0.429. The minimum Gasteiger partial charge on any atom is -0.366 e. The molecule has 0 saturated carbocycles. The summed E-state index contributed by atoms with van der Waals surface area (Å²) in [4.78, 5) is 4.72. The normalized spacial score (nSPS) is 11.7. The van der Waals surface area contributed by atoms with E-state index in [4.69, 9.17) is 0 Å². The summed E-state index contributed by atoms with van der Waals surface area (Å²) < 4.78 is 42.6. The molecule has 2 aromatic carbocycles. The molecule has 2 heterocycles. The molecule has 0 aliphatic rings. The van der Waals surface area contributed by atoms with Crippen LogP contribution in [0.25, 0.3) is 16.9 Å². The van der Waals surface area contributed by atoms with E-state index in [-0.39, 0.29) is 10.7 Å². The summed E-state index contributed by atoms with van der Waals surface area (Å²) in [7, 11) is -2.11. The summed E-state index contributed by atoms with van der Waals surface area (Å²) in [6, 6.07) is 14.7. The zero-order valence-electron chi connectivity index (χ0n) is 15.8. The molecule has 0 bridgehead atoms. The maximum atomic E-state index is 14.3. The second-order valence-corrected chi connectivity index (χ2v) is 9.18. The lowest BCUT2D eigenvalue weighted by atomic mass is 10.1. The van der Waals surface area contributed by atoms with Crippen LogP contribution in [0.3, 0.4) is 0 Å². The molecule has 0 fully saturated rings. The smallest absolute Gasteiger partial charge is 0.240 e. The molecule has 4 rings (SSSR count). The second-order valence-electron chi connectivity index (χ2n) is 6.44. The maximum absolute atomic E-state index is 14.3. The zero-order chi connectivity index (χ0) is 21.3. The van der Waals surface area contributed by atoms with Crippen molar-refractivity contribution in [2.45, 2.75) is 11.4 Å². The molecule has 0 unspecified atom stereocenters. The zero-order valence-corrected chi connectivity index (χ0v) is 18.2. The number of halogens is 2. The van der Waals surface area contributed by atoms with Crippen molar-refractivity contribution in [1.29, 1.82) is 0 Å². The largest absolute Gasteiger partial charge is 0.366 e. The van der Waals surface area contributed by atoms with Crippen LogP contribution in [0.15, 0.2) is 70.2 Å². The van der Waals surface area contributed by atoms with Crippen molar-refractivity contribution in [2.75, 3.05) is 12.4 Å². The van der Waals surface area contributed by atoms with Gasteiger partial charge in [0.25, 0.3) is 0 Å². The monoisotopic (exact) mass is 489 g/mol. The van der Waals surface area contributed by atoms with E-state index >= 15 is 0 Å². The van der Waals surface area contributed by atoms with Crippen molar-refractivity contribution in [1.82, 2.24) is 19.3 Å². The molecule has 0 aliphatic heterocycles. The van der Waals surface area contributed by atoms with Crippen molar-refractivity contribution in [2.24, 2.45) is 0 Å². The number of fused-ring (bicyclic) bond motifs is 1. The van der Waals surface area contributed by atoms with Gasteiger partial charge in [-0.2, -0.15) is 9.61 Å². The Morgan fingerprint density at radius 3 is 2.57 bits per heavy atom. The summed E-state index contributed by atoms with van der Waals surface area (Å²) in [6.07, 6.45) is 1.62. The summed E-state index contributed by atoms with van der Waals surface area (Å²) in [6.45, 7) is 0.410. The van der Waals surface area contributed by atoms with E-state index in [0.717, 1.165) is 5.56 Å². The van der Waals surface area contributed by atoms with Gasteiger partial charge in [-0.3, -0.25) is 0 Å². The fourth-order valence-electron chi connectivity index (χ4n) is 2.97. The van der Waals surface area contributed by atoms with Crippen LogP contribution in [-0.4, -0.2) is 30.1 Å². The Morgan fingerprint density at radius 1 is 1.13 bits per heavy atom. The number of anilines is 1. The lowest BCUT2D eigenvalue weighted by molar-refractivity contribution is 0.588. The molecule has 7 nitrogen and oxygen atoms in total. The molecule has 10 heteroatoms. The van der Waals surface area contributed by atoms with Gasteiger partial charge in [0.1, 0.15) is 11.6 Å². The van der Waals surface area contributed by atoms with Crippen LogP contribution in [0.4, 0.5) is 10.2 Å². The molecule has 4 aromatic rings. The molecule has 0 aliphatic carbocycles. The van der Waals surface area contributed by atoms with Crippen molar-refractivity contribution in [3.05, 3.63) is 76.6 Å². The Kier molecular flexibility index (Phi) is 5.54. The van der Waals surface area contributed by atoms with Crippen molar-refractivity contribution < 1.29 is 12.8 Å². The first-order chi connectivity index (χ1) is 14.4. The highest BCUT2D eigenvalue weighted by atomic mass is 79.9. The molecule has 2 aromatic heterocycles. The van der Waals surface area contributed by atoms with Gasteiger partial charge in [-0.15, -0.1) is 0 Å². The fraction of sp³-hybridized carbons (Fsp3) is 0.100. The molecule has 154 valence electrons. The predicted molar refractivity (Wildman–Crippen MR) is 116 cm³/mol. The van der Waals surface area contributed by atoms with Crippen LogP contribution < -0.4 is 10.0 Å². The summed E-state index contributed by atoms with van der Waals surface area (Å²) in [5.74, 6) is 0.258. The highest BCUT2D eigenvalue weighted by Gasteiger charge is 2.14. The van der Waals surface area contributed by atoms with E-state index < -0.39 is 10.0 Å². The molecular weight excluding hydrogens is 473 g/mol. The summed E-state index contributed by atoms with van der Waals surface area (Å²) in [5, 5.41) is 7.58. The van der Waals surface area contributed by atoms with E-state index in [1.165, 1.54) is 13.1 Å². The molecule has 0 spiro atoms. The molecule has 0 amide bonds. The Balaban J connectivity index is 1.66. The molecule has 0 atom stereocenters. The number of hydrogen-bond acceptors (Lipinski definition) is 5. The van der Waals surface area contributed by atoms with Crippen LogP contribution in [0.2, 0.25) is 0 Å². The third-order valence-electron chi connectivity index (χ3n) is 4.55. The van der Waals surface area contributed by atoms with Gasteiger partial charge in [0.2, 0.25) is 10.0 Å². The minimum atomic E-state index is -3.48. The molecule has 0 saturated heterocycles. The highest BCUT2D eigenvalue weighted by molar-refractivity contribution is 9.10. The predicted octanol–water partition coefficient (Wildman–Crippen LogP) is 3.82. The first kappa shape index (κ1) is 20.5. The minimum absolute atomic E-state index is 0.192. The van der Waals surface area contributed by atoms with E-state index in [2.05, 4.69) is 36.1 Å². The van der Waals surface area contributed by atoms with Crippen molar-refractivity contribution in [3.63, 3.8) is 0 Å². The number of aromatic nitrogens is 3. The van der Waals surface area contributed by atoms with Gasteiger partial charge in [0.15, 0.2) is 5.65 Å². The van der Waals surface area contributed by atoms with Gasteiger partial charge in [0, 0.05) is 18.2 Å². The van der Waals surface area contributed by atoms with E-state index in [1.54, 1.807) is 59.2 Å². The molecule has 2 N–H and O–H groups in total. The van der Waals surface area contributed by atoms with Crippen molar-refractivity contribution >= 4 is 37.4 Å². The Hall–Kier alpha value is -2.82. The average molecular weight is 490 g/mol. The summed E-state index contributed by atoms with van der Waals surface area (Å²) >= 11 is 3.43. The number of sulfonamides is 1. The lowest BCUT2D eigenvalue weighted by Gasteiger charge is -2.12. The number of nitrogens with one attached hydrogen (secondary N) is 2. The topological polar surface area (TPSA) is 88.4 Å². The van der Waals surface area contributed by atoms with Crippen molar-refractivity contribution in [3.8, 4) is 11.3 Å². The number of rotatable bonds is 6. The first-order valence-electron chi connectivity index (χ1n) is 8.94. The standard InChI is InChI=1S/C20H17BrFN5O2S/c1-23-30(28,29)14-8-6-13(7-9-14)11-24-19-10-18(15-4-2-3-5-17(15)22)26-20-16(21)12-25-27(19)20/h2-10,12,23-24H,11H2,1H3. The molecular formula is C20H17BrFN5O2S. The fourth-order valence-corrected chi connectivity index (χ4v) is 4.04. The SMILES string of the molecule is CNS(=O)(=O)c1ccc(CNc2cc(-c3ccccc3F)nc3c(Br)cnn23)cc1. The lowest BCUT2D eigenvalue weighted by Crippen LogP contribution is -2.18. The molecule has 30 heavy (non-hydrogen) atoms. The van der Waals surface area contributed by atoms with Gasteiger partial charge in [-0.25, -0.2) is 22.5 Å². The number of hydrogen-bond donors (Lipinski definition) is 2. The average Bonchev–Trinajstić information content (AvgIpc) is 3.13. The Morgan fingerprint density at radius 2 is 1.87 bits per heavy atom. The van der Waals surface area contributed by atoms with Crippen LogP contribution >= 0.6 is 15.9 Å². The van der Waals surface area contributed by atoms with E-state index in [9.17, 15) is 12.8 Å². The first-order valence-corrected chi connectivity index (χ1v) is 11.2. The van der Waals surface area contributed by atoms with E-state index in [1.807, 2.05) is 0 Å². The van der Waals surface area contributed by atoms with Gasteiger partial charge in [-0.1, -0.05) is 24.3 Å². The van der Waals surface area contributed by atoms with Crippen LogP contribution in [0, 0.1) is 5.82 Å². The Labute approximate surface area is 181 Å². The van der Waals surface area contributed by atoms with Gasteiger partial charge in [-0.05, 0) is 52.8 Å². The van der Waals surface area contributed by atoms with Gasteiger partial charge >= 0.3 is 0 Å². The van der Waals surface area contributed by atoms with Gasteiger partial charge < -0.3 is 5.32 Å². The number of benzene rings is 2. The summed E-state index contributed by atoms with van der Waals surface area (Å²) in [5.41, 5.74) is 2.28. The van der Waals surface area contributed by atoms with Gasteiger partial charge in [0.05, 0.1) is 21.3 Å². The van der Waals surface area contributed by atoms with Crippen LogP contribution in [-0.2, 0) is 16.6 Å². The maximum Gasteiger partial charge on any atom is 0.240 e. The third-order valence-corrected chi connectivity index (χ3v) is 6.54. The molecule has 0 radical (unpaired) electrons. The highest BCUT2D eigenvalue weighted by Crippen LogP contribution is 2.27. The second kappa shape index (κ2) is 8.13. The number of nitrogens with zero attached hydrogens (tertiary/aromatic N) is 3. The Bertz CT molecular complexity index is 1320. The van der Waals surface area contributed by atoms with Crippen LogP contribution in [0.5, 0.6) is 0 Å².